The summed E-state index contributed by atoms with van der Waals surface area (Å²) >= 11 is 0. The van der Waals surface area contributed by atoms with Crippen molar-refractivity contribution in [2.45, 2.75) is 12.8 Å². The molecule has 0 aliphatic heterocycles. The molecule has 0 aromatic carbocycles. The molecule has 9 heteroatoms. The summed E-state index contributed by atoms with van der Waals surface area (Å²) in [5.41, 5.74) is 1.48. The molecule has 140 valence electrons. The van der Waals surface area contributed by atoms with Crippen LogP contribution in [0, 0.1) is 11.6 Å². The van der Waals surface area contributed by atoms with Gasteiger partial charge in [-0.3, -0.25) is 9.38 Å². The predicted octanol–water partition coefficient (Wildman–Crippen LogP) is 3.31. The SMILES string of the molecule is CC(c1ccc(F)cn1)c1nc(-c2cnc3ccc(F)cn23)ncc1C(=O)O. The highest BCUT2D eigenvalue weighted by atomic mass is 19.1. The van der Waals surface area contributed by atoms with E-state index < -0.39 is 23.5 Å². The third-order valence-corrected chi connectivity index (χ3v) is 4.35. The smallest absolute Gasteiger partial charge is 0.339 e. The van der Waals surface area contributed by atoms with Crippen molar-refractivity contribution in [3.63, 3.8) is 0 Å². The van der Waals surface area contributed by atoms with Gasteiger partial charge in [0.05, 0.1) is 18.1 Å². The van der Waals surface area contributed by atoms with E-state index in [1.807, 2.05) is 0 Å². The Morgan fingerprint density at radius 1 is 1.04 bits per heavy atom. The zero-order chi connectivity index (χ0) is 19.8. The first-order valence-electron chi connectivity index (χ1n) is 8.28. The van der Waals surface area contributed by atoms with Gasteiger partial charge in [0.1, 0.15) is 28.5 Å². The van der Waals surface area contributed by atoms with E-state index >= 15 is 0 Å². The van der Waals surface area contributed by atoms with E-state index in [9.17, 15) is 18.7 Å². The van der Waals surface area contributed by atoms with Crippen LogP contribution in [-0.4, -0.2) is 35.4 Å². The van der Waals surface area contributed by atoms with E-state index in [0.29, 0.717) is 17.0 Å². The molecule has 28 heavy (non-hydrogen) atoms. The molecule has 0 aliphatic carbocycles. The van der Waals surface area contributed by atoms with Crippen LogP contribution in [0.3, 0.4) is 0 Å². The Hall–Kier alpha value is -3.75. The minimum atomic E-state index is -1.19. The number of pyridine rings is 2. The van der Waals surface area contributed by atoms with Crippen molar-refractivity contribution in [1.29, 1.82) is 0 Å². The fraction of sp³-hybridized carbons (Fsp3) is 0.105. The Morgan fingerprint density at radius 2 is 1.82 bits per heavy atom. The van der Waals surface area contributed by atoms with Crippen LogP contribution in [0.4, 0.5) is 8.78 Å². The van der Waals surface area contributed by atoms with Gasteiger partial charge in [-0.2, -0.15) is 0 Å². The first-order valence-corrected chi connectivity index (χ1v) is 8.28. The molecule has 0 aliphatic rings. The molecule has 4 rings (SSSR count). The number of hydrogen-bond acceptors (Lipinski definition) is 5. The van der Waals surface area contributed by atoms with Crippen LogP contribution in [-0.2, 0) is 0 Å². The van der Waals surface area contributed by atoms with E-state index in [1.54, 1.807) is 6.92 Å². The van der Waals surface area contributed by atoms with E-state index in [1.165, 1.54) is 47.3 Å². The largest absolute Gasteiger partial charge is 0.478 e. The molecule has 4 aromatic rings. The molecule has 0 amide bonds. The van der Waals surface area contributed by atoms with Crippen LogP contribution in [0.25, 0.3) is 17.2 Å². The van der Waals surface area contributed by atoms with Gasteiger partial charge in [-0.1, -0.05) is 6.92 Å². The second-order valence-electron chi connectivity index (χ2n) is 6.14. The summed E-state index contributed by atoms with van der Waals surface area (Å²) in [6, 6.07) is 5.51. The standard InChI is InChI=1S/C19H13F2N5O2/c1-10(14-4-2-11(20)6-22-14)17-13(19(27)28)7-24-18(25-17)15-8-23-16-5-3-12(21)9-26(15)16/h2-10H,1H3,(H,27,28). The molecule has 0 bridgehead atoms. The third kappa shape index (κ3) is 3.07. The average molecular weight is 381 g/mol. The molecule has 1 N–H and O–H groups in total. The zero-order valence-corrected chi connectivity index (χ0v) is 14.5. The van der Waals surface area contributed by atoms with Gasteiger partial charge in [-0.15, -0.1) is 0 Å². The second kappa shape index (κ2) is 6.76. The van der Waals surface area contributed by atoms with Crippen molar-refractivity contribution in [2.24, 2.45) is 0 Å². The zero-order valence-electron chi connectivity index (χ0n) is 14.5. The predicted molar refractivity (Wildman–Crippen MR) is 94.8 cm³/mol. The highest BCUT2D eigenvalue weighted by Crippen LogP contribution is 2.27. The normalized spacial score (nSPS) is 12.2. The van der Waals surface area contributed by atoms with Gasteiger partial charge in [0, 0.05) is 24.0 Å². The number of imidazole rings is 1. The van der Waals surface area contributed by atoms with Crippen molar-refractivity contribution < 1.29 is 18.7 Å². The molecular formula is C19H13F2N5O2. The summed E-state index contributed by atoms with van der Waals surface area (Å²) in [6.07, 6.45) is 4.98. The minimum Gasteiger partial charge on any atom is -0.478 e. The number of rotatable bonds is 4. The lowest BCUT2D eigenvalue weighted by Crippen LogP contribution is -2.12. The summed E-state index contributed by atoms with van der Waals surface area (Å²) in [6.45, 7) is 1.72. The van der Waals surface area contributed by atoms with Crippen LogP contribution < -0.4 is 0 Å². The maximum atomic E-state index is 13.6. The third-order valence-electron chi connectivity index (χ3n) is 4.35. The number of aromatic nitrogens is 5. The number of carboxylic acid groups (broad SMARTS) is 1. The molecule has 7 nitrogen and oxygen atoms in total. The minimum absolute atomic E-state index is 0.0950. The van der Waals surface area contributed by atoms with Gasteiger partial charge in [0.25, 0.3) is 0 Å². The van der Waals surface area contributed by atoms with Crippen molar-refractivity contribution in [2.75, 3.05) is 0 Å². The molecule has 0 spiro atoms. The van der Waals surface area contributed by atoms with E-state index in [-0.39, 0.29) is 17.1 Å². The highest BCUT2D eigenvalue weighted by Gasteiger charge is 2.22. The fourth-order valence-corrected chi connectivity index (χ4v) is 2.92. The molecular weight excluding hydrogens is 368 g/mol. The van der Waals surface area contributed by atoms with Gasteiger partial charge < -0.3 is 5.11 Å². The molecule has 0 radical (unpaired) electrons. The number of carboxylic acids is 1. The van der Waals surface area contributed by atoms with Gasteiger partial charge >= 0.3 is 5.97 Å². The van der Waals surface area contributed by atoms with E-state index in [4.69, 9.17) is 0 Å². The van der Waals surface area contributed by atoms with Crippen molar-refractivity contribution >= 4 is 11.6 Å². The number of aromatic carboxylic acids is 1. The van der Waals surface area contributed by atoms with E-state index in [0.717, 1.165) is 6.20 Å². The van der Waals surface area contributed by atoms with Crippen molar-refractivity contribution in [3.8, 4) is 11.5 Å². The summed E-state index contributed by atoms with van der Waals surface area (Å²) < 4.78 is 28.3. The quantitative estimate of drug-likeness (QED) is 0.583. The summed E-state index contributed by atoms with van der Waals surface area (Å²) in [5.74, 6) is -2.50. The summed E-state index contributed by atoms with van der Waals surface area (Å²) in [5, 5.41) is 9.51. The number of halogens is 2. The maximum absolute atomic E-state index is 13.6. The highest BCUT2D eigenvalue weighted by molar-refractivity contribution is 5.89. The van der Waals surface area contributed by atoms with Gasteiger partial charge in [0.2, 0.25) is 0 Å². The topological polar surface area (TPSA) is 93.3 Å². The van der Waals surface area contributed by atoms with Crippen LogP contribution in [0.5, 0.6) is 0 Å². The molecule has 0 fully saturated rings. The number of fused-ring (bicyclic) bond motifs is 1. The maximum Gasteiger partial charge on any atom is 0.339 e. The lowest BCUT2D eigenvalue weighted by atomic mass is 9.98. The molecule has 0 saturated carbocycles. The van der Waals surface area contributed by atoms with Crippen molar-refractivity contribution in [1.82, 2.24) is 24.3 Å². The number of hydrogen-bond donors (Lipinski definition) is 1. The van der Waals surface area contributed by atoms with Gasteiger partial charge in [-0.05, 0) is 24.3 Å². The number of nitrogens with zero attached hydrogens (tertiary/aromatic N) is 5. The Bertz CT molecular complexity index is 1190. The fourth-order valence-electron chi connectivity index (χ4n) is 2.92. The monoisotopic (exact) mass is 381 g/mol. The van der Waals surface area contributed by atoms with Crippen LogP contribution in [0.2, 0.25) is 0 Å². The summed E-state index contributed by atoms with van der Waals surface area (Å²) in [7, 11) is 0. The first kappa shape index (κ1) is 17.7. The van der Waals surface area contributed by atoms with Crippen molar-refractivity contribution in [3.05, 3.63) is 77.6 Å². The molecule has 0 saturated heterocycles. The molecule has 1 atom stereocenters. The lowest BCUT2D eigenvalue weighted by molar-refractivity contribution is 0.0694. The Kier molecular flexibility index (Phi) is 4.26. The van der Waals surface area contributed by atoms with E-state index in [2.05, 4.69) is 19.9 Å². The average Bonchev–Trinajstić information content (AvgIpc) is 3.10. The Balaban J connectivity index is 1.86. The Morgan fingerprint density at radius 3 is 2.54 bits per heavy atom. The van der Waals surface area contributed by atoms with Crippen LogP contribution in [0.15, 0.2) is 49.1 Å². The number of carbonyl (C=O) groups is 1. The van der Waals surface area contributed by atoms with Crippen LogP contribution in [0.1, 0.15) is 34.6 Å². The Labute approximate surface area is 157 Å². The first-order chi connectivity index (χ1) is 13.4. The molecule has 4 aromatic heterocycles. The van der Waals surface area contributed by atoms with Crippen LogP contribution >= 0.6 is 0 Å². The van der Waals surface area contributed by atoms with Gasteiger partial charge in [0.15, 0.2) is 5.82 Å². The van der Waals surface area contributed by atoms with Gasteiger partial charge in [-0.25, -0.2) is 28.5 Å². The summed E-state index contributed by atoms with van der Waals surface area (Å²) in [4.78, 5) is 28.4. The lowest BCUT2D eigenvalue weighted by Gasteiger charge is -2.14. The molecule has 1 unspecified atom stereocenters. The second-order valence-corrected chi connectivity index (χ2v) is 6.14. The molecule has 4 heterocycles.